The summed E-state index contributed by atoms with van der Waals surface area (Å²) >= 11 is 0. The van der Waals surface area contributed by atoms with Gasteiger partial charge < -0.3 is 14.5 Å². The normalized spacial score (nSPS) is 16.0. The third-order valence-electron chi connectivity index (χ3n) is 4.60. The molecule has 0 aliphatic carbocycles. The Morgan fingerprint density at radius 1 is 1.19 bits per heavy atom. The second-order valence-corrected chi connectivity index (χ2v) is 6.38. The summed E-state index contributed by atoms with van der Waals surface area (Å²) in [6.07, 6.45) is 5.95. The zero-order valence-electron chi connectivity index (χ0n) is 14.7. The number of para-hydroxylation sites is 1. The largest absolute Gasteiger partial charge is 0.483 e. The maximum Gasteiger partial charge on any atom is 0.258 e. The van der Waals surface area contributed by atoms with E-state index in [2.05, 4.69) is 10.2 Å². The van der Waals surface area contributed by atoms with Crippen molar-refractivity contribution in [1.82, 2.24) is 10.2 Å². The molecule has 1 N–H and O–H groups in total. The zero-order chi connectivity index (χ0) is 18.2. The number of aldehydes is 1. The van der Waals surface area contributed by atoms with Crippen LogP contribution in [0.25, 0.3) is 0 Å². The smallest absolute Gasteiger partial charge is 0.258 e. The first kappa shape index (κ1) is 18.2. The van der Waals surface area contributed by atoms with Crippen LogP contribution in [0.4, 0.5) is 0 Å². The molecule has 2 heterocycles. The lowest BCUT2D eigenvalue weighted by molar-refractivity contribution is -0.123. The van der Waals surface area contributed by atoms with E-state index in [9.17, 15) is 9.59 Å². The highest BCUT2D eigenvalue weighted by Gasteiger charge is 2.24. The van der Waals surface area contributed by atoms with Gasteiger partial charge in [0.05, 0.1) is 17.9 Å². The van der Waals surface area contributed by atoms with Crippen LogP contribution in [0.3, 0.4) is 0 Å². The molecule has 1 unspecified atom stereocenters. The van der Waals surface area contributed by atoms with E-state index in [1.54, 1.807) is 30.5 Å². The van der Waals surface area contributed by atoms with Gasteiger partial charge in [-0.3, -0.25) is 14.5 Å². The molecule has 1 fully saturated rings. The monoisotopic (exact) mass is 356 g/mol. The van der Waals surface area contributed by atoms with Gasteiger partial charge in [-0.1, -0.05) is 18.6 Å². The number of nitrogens with one attached hydrogen (secondary N) is 1. The molecule has 1 aromatic carbocycles. The standard InChI is InChI=1S/C20H24N2O4/c23-14-16-7-2-3-8-18(16)26-15-20(24)21-13-17(19-9-6-12-25-19)22-10-4-1-5-11-22/h2-3,6-9,12,14,17H,1,4-5,10-11,13,15H2,(H,21,24). The van der Waals surface area contributed by atoms with E-state index in [-0.39, 0.29) is 18.6 Å². The molecule has 0 radical (unpaired) electrons. The summed E-state index contributed by atoms with van der Waals surface area (Å²) in [5.41, 5.74) is 0.432. The third-order valence-corrected chi connectivity index (χ3v) is 4.60. The molecule has 138 valence electrons. The SMILES string of the molecule is O=Cc1ccccc1OCC(=O)NCC(c1ccco1)N1CCCCC1. The average Bonchev–Trinajstić information content (AvgIpc) is 3.22. The zero-order valence-corrected chi connectivity index (χ0v) is 14.7. The van der Waals surface area contributed by atoms with Crippen LogP contribution < -0.4 is 10.1 Å². The van der Waals surface area contributed by atoms with Crippen molar-refractivity contribution in [2.24, 2.45) is 0 Å². The number of ether oxygens (including phenoxy) is 1. The molecule has 1 aliphatic rings. The van der Waals surface area contributed by atoms with Crippen LogP contribution in [-0.4, -0.2) is 43.3 Å². The summed E-state index contributed by atoms with van der Waals surface area (Å²) in [5.74, 6) is 1.05. The summed E-state index contributed by atoms with van der Waals surface area (Å²) < 4.78 is 11.1. The van der Waals surface area contributed by atoms with Gasteiger partial charge in [0.15, 0.2) is 12.9 Å². The molecule has 6 heteroatoms. The number of amides is 1. The number of furan rings is 1. The van der Waals surface area contributed by atoms with Crippen LogP contribution in [-0.2, 0) is 4.79 Å². The van der Waals surface area contributed by atoms with Gasteiger partial charge in [-0.05, 0) is 50.2 Å². The Labute approximate surface area is 153 Å². The van der Waals surface area contributed by atoms with Crippen LogP contribution in [0.2, 0.25) is 0 Å². The Bertz CT molecular complexity index is 708. The summed E-state index contributed by atoms with van der Waals surface area (Å²) in [4.78, 5) is 25.5. The molecular formula is C20H24N2O4. The number of carbonyl (C=O) groups is 2. The molecular weight excluding hydrogens is 332 g/mol. The first-order chi connectivity index (χ1) is 12.8. The lowest BCUT2D eigenvalue weighted by Crippen LogP contribution is -2.41. The lowest BCUT2D eigenvalue weighted by Gasteiger charge is -2.33. The molecule has 0 bridgehead atoms. The molecule has 2 aromatic rings. The number of hydrogen-bond donors (Lipinski definition) is 1. The highest BCUT2D eigenvalue weighted by atomic mass is 16.5. The first-order valence-electron chi connectivity index (χ1n) is 8.99. The summed E-state index contributed by atoms with van der Waals surface area (Å²) in [7, 11) is 0. The molecule has 0 spiro atoms. The molecule has 0 saturated carbocycles. The summed E-state index contributed by atoms with van der Waals surface area (Å²) in [6.45, 7) is 2.34. The highest BCUT2D eigenvalue weighted by Crippen LogP contribution is 2.24. The van der Waals surface area contributed by atoms with E-state index < -0.39 is 0 Å². The number of carbonyl (C=O) groups excluding carboxylic acids is 2. The maximum atomic E-state index is 12.2. The minimum atomic E-state index is -0.223. The molecule has 1 amide bonds. The van der Waals surface area contributed by atoms with Crippen LogP contribution in [0.1, 0.15) is 41.4 Å². The van der Waals surface area contributed by atoms with E-state index in [0.29, 0.717) is 17.9 Å². The fourth-order valence-corrected chi connectivity index (χ4v) is 3.23. The third kappa shape index (κ3) is 4.73. The Balaban J connectivity index is 1.54. The summed E-state index contributed by atoms with van der Waals surface area (Å²) in [5, 5.41) is 2.92. The van der Waals surface area contributed by atoms with Crippen molar-refractivity contribution in [3.05, 3.63) is 54.0 Å². The lowest BCUT2D eigenvalue weighted by atomic mass is 10.1. The van der Waals surface area contributed by atoms with Gasteiger partial charge in [0.1, 0.15) is 11.5 Å². The number of piperidine rings is 1. The minimum Gasteiger partial charge on any atom is -0.483 e. The topological polar surface area (TPSA) is 71.8 Å². The van der Waals surface area contributed by atoms with Crippen LogP contribution in [0.5, 0.6) is 5.75 Å². The number of benzene rings is 1. The van der Waals surface area contributed by atoms with Crippen molar-refractivity contribution in [2.45, 2.75) is 25.3 Å². The van der Waals surface area contributed by atoms with Crippen molar-refractivity contribution >= 4 is 12.2 Å². The van der Waals surface area contributed by atoms with E-state index in [1.165, 1.54) is 6.42 Å². The maximum absolute atomic E-state index is 12.2. The first-order valence-corrected chi connectivity index (χ1v) is 8.99. The predicted octanol–water partition coefficient (Wildman–Crippen LogP) is 2.81. The van der Waals surface area contributed by atoms with Gasteiger partial charge in [0.25, 0.3) is 5.91 Å². The Kier molecular flexibility index (Phi) is 6.44. The van der Waals surface area contributed by atoms with Crippen molar-refractivity contribution in [3.8, 4) is 5.75 Å². The molecule has 1 aliphatic heterocycles. The molecule has 1 aromatic heterocycles. The number of rotatable bonds is 8. The average molecular weight is 356 g/mol. The van der Waals surface area contributed by atoms with E-state index in [1.807, 2.05) is 12.1 Å². The van der Waals surface area contributed by atoms with Crippen LogP contribution in [0.15, 0.2) is 47.1 Å². The number of likely N-dealkylation sites (tertiary alicyclic amines) is 1. The fourth-order valence-electron chi connectivity index (χ4n) is 3.23. The van der Waals surface area contributed by atoms with Gasteiger partial charge in [-0.25, -0.2) is 0 Å². The molecule has 6 nitrogen and oxygen atoms in total. The summed E-state index contributed by atoms with van der Waals surface area (Å²) in [6, 6.07) is 10.7. The number of nitrogens with zero attached hydrogens (tertiary/aromatic N) is 1. The van der Waals surface area contributed by atoms with Crippen molar-refractivity contribution in [2.75, 3.05) is 26.2 Å². The highest BCUT2D eigenvalue weighted by molar-refractivity contribution is 5.80. The molecule has 3 rings (SSSR count). The molecule has 26 heavy (non-hydrogen) atoms. The minimum absolute atomic E-state index is 0.0245. The predicted molar refractivity (Wildman–Crippen MR) is 97.2 cm³/mol. The van der Waals surface area contributed by atoms with Gasteiger partial charge in [-0.2, -0.15) is 0 Å². The van der Waals surface area contributed by atoms with Crippen molar-refractivity contribution in [3.63, 3.8) is 0 Å². The van der Waals surface area contributed by atoms with Crippen molar-refractivity contribution in [1.29, 1.82) is 0 Å². The van der Waals surface area contributed by atoms with Crippen LogP contribution >= 0.6 is 0 Å². The van der Waals surface area contributed by atoms with E-state index in [4.69, 9.17) is 9.15 Å². The second kappa shape index (κ2) is 9.20. The number of hydrogen-bond acceptors (Lipinski definition) is 5. The Morgan fingerprint density at radius 3 is 2.73 bits per heavy atom. The van der Waals surface area contributed by atoms with Crippen molar-refractivity contribution < 1.29 is 18.7 Å². The quantitative estimate of drug-likeness (QED) is 0.737. The van der Waals surface area contributed by atoms with Gasteiger partial charge >= 0.3 is 0 Å². The molecule has 1 atom stereocenters. The fraction of sp³-hybridized carbons (Fsp3) is 0.400. The van der Waals surface area contributed by atoms with Gasteiger partial charge in [0, 0.05) is 6.54 Å². The van der Waals surface area contributed by atoms with Gasteiger partial charge in [0.2, 0.25) is 0 Å². The second-order valence-electron chi connectivity index (χ2n) is 6.38. The Morgan fingerprint density at radius 2 is 2.00 bits per heavy atom. The Hall–Kier alpha value is -2.60. The van der Waals surface area contributed by atoms with Crippen LogP contribution in [0, 0.1) is 0 Å². The van der Waals surface area contributed by atoms with E-state index in [0.717, 1.165) is 38.0 Å². The van der Waals surface area contributed by atoms with Gasteiger partial charge in [-0.15, -0.1) is 0 Å². The van der Waals surface area contributed by atoms with E-state index >= 15 is 0 Å². The molecule has 1 saturated heterocycles.